The van der Waals surface area contributed by atoms with E-state index in [1.807, 2.05) is 0 Å². The zero-order valence-electron chi connectivity index (χ0n) is 10.6. The summed E-state index contributed by atoms with van der Waals surface area (Å²) < 4.78 is 0. The van der Waals surface area contributed by atoms with Crippen molar-refractivity contribution < 1.29 is 14.4 Å². The van der Waals surface area contributed by atoms with E-state index in [1.165, 1.54) is 29.7 Å². The van der Waals surface area contributed by atoms with Crippen LogP contribution in [-0.2, 0) is 20.8 Å². The first-order chi connectivity index (χ1) is 9.58. The topological polar surface area (TPSA) is 101 Å². The molecule has 0 aliphatic carbocycles. The molecule has 1 aliphatic rings. The molecule has 20 heavy (non-hydrogen) atoms. The average molecular weight is 292 g/mol. The van der Waals surface area contributed by atoms with E-state index in [9.17, 15) is 14.4 Å². The molecule has 0 bridgehead atoms. The summed E-state index contributed by atoms with van der Waals surface area (Å²) in [6.07, 6.45) is 4.19. The third kappa shape index (κ3) is 3.58. The Kier molecular flexibility index (Phi) is 4.36. The largest absolute Gasteiger partial charge is 0.359 e. The summed E-state index contributed by atoms with van der Waals surface area (Å²) in [6, 6.07) is 0. The first-order valence-corrected chi connectivity index (χ1v) is 6.68. The van der Waals surface area contributed by atoms with Gasteiger partial charge in [-0.25, -0.2) is 9.98 Å². The number of aliphatic imine (C=N–C) groups is 1. The Hall–Kier alpha value is -2.35. The summed E-state index contributed by atoms with van der Waals surface area (Å²) in [5.74, 6) is -1.43. The lowest BCUT2D eigenvalue weighted by Crippen LogP contribution is -2.24. The van der Waals surface area contributed by atoms with Crippen molar-refractivity contribution in [1.29, 1.82) is 0 Å². The number of hydrogen-bond acceptors (Lipinski definition) is 5. The Morgan fingerprint density at radius 1 is 1.45 bits per heavy atom. The number of nitrogens with one attached hydrogen (secondary N) is 2. The maximum Gasteiger partial charge on any atom is 0.269 e. The zero-order valence-corrected chi connectivity index (χ0v) is 11.4. The summed E-state index contributed by atoms with van der Waals surface area (Å²) in [6.45, 7) is 0. The number of anilines is 1. The van der Waals surface area contributed by atoms with E-state index in [0.717, 1.165) is 0 Å². The van der Waals surface area contributed by atoms with Gasteiger partial charge in [-0.3, -0.25) is 14.4 Å². The molecular weight excluding hydrogens is 280 g/mol. The molecule has 8 heteroatoms. The standard InChI is InChI=1S/C12H12N4O3S/c1-13-10(18)4-8-6-20-12(15-8)16-11(19)7-2-3-9(17)14-5-7/h2-3,5-7H,4H2,1H3,(H,13,18)(H,15,16,19). The lowest BCUT2D eigenvalue weighted by molar-refractivity contribution is -0.120. The van der Waals surface area contributed by atoms with E-state index >= 15 is 0 Å². The van der Waals surface area contributed by atoms with Crippen molar-refractivity contribution in [3.05, 3.63) is 23.2 Å². The van der Waals surface area contributed by atoms with Crippen molar-refractivity contribution in [2.24, 2.45) is 10.9 Å². The van der Waals surface area contributed by atoms with Crippen LogP contribution in [0.15, 0.2) is 22.5 Å². The monoisotopic (exact) mass is 292 g/mol. The SMILES string of the molecule is CNC(=O)Cc1csc(NC(=O)C2C=CC(=O)N=C2)n1. The molecule has 104 valence electrons. The second kappa shape index (κ2) is 6.20. The number of aromatic nitrogens is 1. The molecule has 3 amide bonds. The summed E-state index contributed by atoms with van der Waals surface area (Å²) >= 11 is 1.24. The van der Waals surface area contributed by atoms with Gasteiger partial charge in [0.2, 0.25) is 11.8 Å². The Labute approximate surface area is 118 Å². The van der Waals surface area contributed by atoms with Crippen LogP contribution in [0, 0.1) is 5.92 Å². The van der Waals surface area contributed by atoms with E-state index in [1.54, 1.807) is 12.4 Å². The van der Waals surface area contributed by atoms with Crippen LogP contribution in [0.1, 0.15) is 5.69 Å². The highest BCUT2D eigenvalue weighted by atomic mass is 32.1. The number of rotatable bonds is 4. The Bertz CT molecular complexity index is 590. The van der Waals surface area contributed by atoms with Gasteiger partial charge in [0.05, 0.1) is 18.0 Å². The molecule has 0 spiro atoms. The fourth-order valence-electron chi connectivity index (χ4n) is 1.47. The highest BCUT2D eigenvalue weighted by Crippen LogP contribution is 2.17. The minimum absolute atomic E-state index is 0.144. The van der Waals surface area contributed by atoms with Gasteiger partial charge < -0.3 is 10.6 Å². The average Bonchev–Trinajstić information content (AvgIpc) is 2.86. The Morgan fingerprint density at radius 2 is 2.25 bits per heavy atom. The van der Waals surface area contributed by atoms with Crippen molar-refractivity contribution in [3.8, 4) is 0 Å². The van der Waals surface area contributed by atoms with Crippen molar-refractivity contribution in [2.75, 3.05) is 12.4 Å². The molecule has 1 aliphatic heterocycles. The van der Waals surface area contributed by atoms with Crippen LogP contribution in [0.5, 0.6) is 0 Å². The molecule has 0 radical (unpaired) electrons. The van der Waals surface area contributed by atoms with Crippen LogP contribution < -0.4 is 10.6 Å². The maximum atomic E-state index is 11.9. The van der Waals surface area contributed by atoms with E-state index in [2.05, 4.69) is 20.6 Å². The first kappa shape index (κ1) is 14.1. The van der Waals surface area contributed by atoms with Crippen LogP contribution in [0.3, 0.4) is 0 Å². The van der Waals surface area contributed by atoms with Gasteiger partial charge in [0.15, 0.2) is 5.13 Å². The van der Waals surface area contributed by atoms with Crippen LogP contribution in [-0.4, -0.2) is 36.0 Å². The molecule has 0 aromatic carbocycles. The van der Waals surface area contributed by atoms with Crippen LogP contribution >= 0.6 is 11.3 Å². The van der Waals surface area contributed by atoms with E-state index in [4.69, 9.17) is 0 Å². The van der Waals surface area contributed by atoms with Crippen LogP contribution in [0.4, 0.5) is 5.13 Å². The number of hydrogen-bond donors (Lipinski definition) is 2. The number of nitrogens with zero attached hydrogens (tertiary/aromatic N) is 2. The second-order valence-corrected chi connectivity index (χ2v) is 4.84. The number of carbonyl (C=O) groups excluding carboxylic acids is 3. The minimum Gasteiger partial charge on any atom is -0.359 e. The second-order valence-electron chi connectivity index (χ2n) is 3.98. The van der Waals surface area contributed by atoms with Gasteiger partial charge in [0.25, 0.3) is 5.91 Å². The van der Waals surface area contributed by atoms with Crippen molar-refractivity contribution in [3.63, 3.8) is 0 Å². The molecule has 2 rings (SSSR count). The molecular formula is C12H12N4O3S. The predicted octanol–water partition coefficient (Wildman–Crippen LogP) is 0.153. The quantitative estimate of drug-likeness (QED) is 0.825. The summed E-state index contributed by atoms with van der Waals surface area (Å²) in [7, 11) is 1.55. The number of carbonyl (C=O) groups is 3. The lowest BCUT2D eigenvalue weighted by Gasteiger charge is -2.08. The molecule has 2 heterocycles. The smallest absolute Gasteiger partial charge is 0.269 e. The van der Waals surface area contributed by atoms with Gasteiger partial charge in [0, 0.05) is 24.7 Å². The number of likely N-dealkylation sites (N-methyl/N-ethyl adjacent to an activating group) is 1. The normalized spacial score (nSPS) is 17.1. The molecule has 1 aromatic heterocycles. The van der Waals surface area contributed by atoms with Crippen molar-refractivity contribution in [1.82, 2.24) is 10.3 Å². The summed E-state index contributed by atoms with van der Waals surface area (Å²) in [4.78, 5) is 41.6. The van der Waals surface area contributed by atoms with E-state index in [0.29, 0.717) is 10.8 Å². The number of thiazole rings is 1. The molecule has 2 N–H and O–H groups in total. The van der Waals surface area contributed by atoms with E-state index in [-0.39, 0.29) is 24.1 Å². The van der Waals surface area contributed by atoms with Gasteiger partial charge in [-0.05, 0) is 0 Å². The van der Waals surface area contributed by atoms with Crippen molar-refractivity contribution >= 4 is 40.4 Å². The third-order valence-electron chi connectivity index (χ3n) is 2.51. The van der Waals surface area contributed by atoms with E-state index < -0.39 is 5.92 Å². The van der Waals surface area contributed by atoms with Crippen molar-refractivity contribution in [2.45, 2.75) is 6.42 Å². The van der Waals surface area contributed by atoms with Gasteiger partial charge in [-0.1, -0.05) is 6.08 Å². The predicted molar refractivity (Wildman–Crippen MR) is 74.6 cm³/mol. The third-order valence-corrected chi connectivity index (χ3v) is 3.32. The Morgan fingerprint density at radius 3 is 2.90 bits per heavy atom. The first-order valence-electron chi connectivity index (χ1n) is 5.80. The summed E-state index contributed by atoms with van der Waals surface area (Å²) in [5, 5.41) is 7.24. The van der Waals surface area contributed by atoms with Gasteiger partial charge in [0.1, 0.15) is 0 Å². The maximum absolute atomic E-state index is 11.9. The fraction of sp³-hybridized carbons (Fsp3) is 0.250. The molecule has 0 saturated heterocycles. The zero-order chi connectivity index (χ0) is 14.5. The van der Waals surface area contributed by atoms with Gasteiger partial charge in [-0.2, -0.15) is 0 Å². The molecule has 1 unspecified atom stereocenters. The van der Waals surface area contributed by atoms with Gasteiger partial charge in [-0.15, -0.1) is 11.3 Å². The van der Waals surface area contributed by atoms with Gasteiger partial charge >= 0.3 is 0 Å². The molecule has 7 nitrogen and oxygen atoms in total. The van der Waals surface area contributed by atoms with Crippen LogP contribution in [0.25, 0.3) is 0 Å². The highest BCUT2D eigenvalue weighted by molar-refractivity contribution is 7.13. The number of dihydropyridines is 1. The molecule has 1 atom stereocenters. The fourth-order valence-corrected chi connectivity index (χ4v) is 2.19. The summed E-state index contributed by atoms with van der Waals surface area (Å²) in [5.41, 5.74) is 0.590. The molecule has 1 aromatic rings. The molecule has 0 saturated carbocycles. The minimum atomic E-state index is -0.584. The Balaban J connectivity index is 1.95. The number of amides is 3. The lowest BCUT2D eigenvalue weighted by atomic mass is 10.1. The molecule has 0 fully saturated rings. The van der Waals surface area contributed by atoms with Crippen LogP contribution in [0.2, 0.25) is 0 Å². The highest BCUT2D eigenvalue weighted by Gasteiger charge is 2.18.